The third-order valence-corrected chi connectivity index (χ3v) is 16.3. The zero-order valence-electron chi connectivity index (χ0n) is 60.5. The van der Waals surface area contributed by atoms with E-state index in [2.05, 4.69) is 78.4 Å². The Morgan fingerprint density at radius 3 is 1.53 bits per heavy atom. The molecule has 0 saturated carbocycles. The number of nitrogens with two attached hydrogens (primary N) is 7. The topological polar surface area (TPSA) is 722 Å². The summed E-state index contributed by atoms with van der Waals surface area (Å²) in [6.07, 6.45) is -2.23. The quantitative estimate of drug-likeness (QED) is 0.0166. The number of H-pyrrole nitrogens is 1. The van der Waals surface area contributed by atoms with Crippen molar-refractivity contribution in [1.29, 1.82) is 0 Å². The fourth-order valence-corrected chi connectivity index (χ4v) is 10.9. The SMILES string of the molecule is CC(C)C[C@H](NC(=O)[C@H](CCCN=C(N)N)NC(=O)[C@H](CCCN=C(N)N)NC(=O)[C@H](C)N)C(=O)NCC(=O)N[C@@H](Cc1cnc[nH]1)C(=O)N[C@@H](CC(=O)O)C(=O)N[C@@H](Cc1ccccc1)C(=O)N[C@@H](CC(N)=O)C(=O)N1CCC[C@H]1C(=O)N[C@@H](CC(=O)O)C(=O)N[C@H](C(=O)N[C@@H](CCC(N)=O)C(=O)O)C(C)C. The summed E-state index contributed by atoms with van der Waals surface area (Å²) in [4.78, 5) is 244. The number of nitrogens with one attached hydrogen (secondary N) is 12. The maximum absolute atomic E-state index is 14.6. The first-order valence-corrected chi connectivity index (χ1v) is 34.5. The Morgan fingerprint density at radius 1 is 0.537 bits per heavy atom. The smallest absolute Gasteiger partial charge is 0.326 e. The van der Waals surface area contributed by atoms with Gasteiger partial charge in [0.1, 0.15) is 66.5 Å². The van der Waals surface area contributed by atoms with Crippen LogP contribution >= 0.6 is 0 Å². The number of likely N-dealkylation sites (tertiary alicyclic amines) is 1. The van der Waals surface area contributed by atoms with E-state index in [-0.39, 0.29) is 88.1 Å². The highest BCUT2D eigenvalue weighted by Gasteiger charge is 2.42. The van der Waals surface area contributed by atoms with E-state index in [9.17, 15) is 96.8 Å². The molecule has 0 aliphatic carbocycles. The van der Waals surface area contributed by atoms with E-state index in [0.29, 0.717) is 5.56 Å². The number of aliphatic imine (C=N–C) groups is 2. The molecular weight excluding hydrogens is 1420 g/mol. The Kier molecular flexibility index (Phi) is 37.8. The third kappa shape index (κ3) is 32.9. The molecule has 1 aliphatic rings. The number of aromatic nitrogens is 2. The summed E-state index contributed by atoms with van der Waals surface area (Å²) < 4.78 is 0. The fraction of sp³-hybridized carbons (Fsp3) is 0.569. The first-order chi connectivity index (χ1) is 50.8. The number of rotatable bonds is 48. The number of carboxylic acid groups (broad SMARTS) is 3. The molecule has 1 aromatic carbocycles. The van der Waals surface area contributed by atoms with Gasteiger partial charge in [-0.15, -0.1) is 0 Å². The van der Waals surface area contributed by atoms with Crippen molar-refractivity contribution in [3.8, 4) is 0 Å². The number of hydrogen-bond donors (Lipinski definition) is 22. The fourth-order valence-electron chi connectivity index (χ4n) is 10.9. The number of benzene rings is 1. The van der Waals surface area contributed by atoms with E-state index in [1.54, 1.807) is 32.0 Å². The van der Waals surface area contributed by atoms with Gasteiger partial charge in [0.2, 0.25) is 82.7 Å². The van der Waals surface area contributed by atoms with Crippen LogP contribution in [0.3, 0.4) is 0 Å². The summed E-state index contributed by atoms with van der Waals surface area (Å²) in [6, 6.07) is -11.3. The van der Waals surface area contributed by atoms with Gasteiger partial charge in [0.05, 0.1) is 38.2 Å². The Morgan fingerprint density at radius 2 is 1.03 bits per heavy atom. The summed E-state index contributed by atoms with van der Waals surface area (Å²) in [5.41, 5.74) is 38.9. The lowest BCUT2D eigenvalue weighted by molar-refractivity contribution is -0.145. The Hall–Kier alpha value is -12.1. The number of amides is 14. The molecule has 108 heavy (non-hydrogen) atoms. The van der Waals surface area contributed by atoms with Crippen LogP contribution in [0.15, 0.2) is 52.8 Å². The van der Waals surface area contributed by atoms with Gasteiger partial charge in [-0.05, 0) is 75.7 Å². The highest BCUT2D eigenvalue weighted by molar-refractivity contribution is 6.01. The molecule has 1 fully saturated rings. The average Bonchev–Trinajstić information content (AvgIpc) is 1.60. The molecule has 43 nitrogen and oxygen atoms in total. The number of nitrogens with zero attached hydrogens (tertiary/aromatic N) is 4. The summed E-state index contributed by atoms with van der Waals surface area (Å²) >= 11 is 0. The minimum absolute atomic E-state index is 0.00789. The lowest BCUT2D eigenvalue weighted by atomic mass is 10.0. The Bertz CT molecular complexity index is 3550. The first-order valence-electron chi connectivity index (χ1n) is 34.5. The number of guanidine groups is 2. The zero-order valence-corrected chi connectivity index (χ0v) is 60.5. The van der Waals surface area contributed by atoms with Crippen molar-refractivity contribution in [2.24, 2.45) is 62.0 Å². The van der Waals surface area contributed by atoms with Crippen molar-refractivity contribution in [3.05, 3.63) is 54.1 Å². The van der Waals surface area contributed by atoms with Crippen LogP contribution in [0.25, 0.3) is 0 Å². The largest absolute Gasteiger partial charge is 0.481 e. The molecule has 0 bridgehead atoms. The first kappa shape index (κ1) is 90.1. The maximum atomic E-state index is 14.6. The second-order valence-electron chi connectivity index (χ2n) is 26.2. The van der Waals surface area contributed by atoms with E-state index < -0.39 is 231 Å². The summed E-state index contributed by atoms with van der Waals surface area (Å²) in [5, 5.41) is 56.0. The molecule has 12 atom stereocenters. The molecule has 596 valence electrons. The van der Waals surface area contributed by atoms with Gasteiger partial charge < -0.3 is 124 Å². The molecule has 0 spiro atoms. The number of hydrogen-bond acceptors (Lipinski definition) is 21. The molecule has 2 heterocycles. The van der Waals surface area contributed by atoms with Crippen LogP contribution < -0.4 is 98.6 Å². The van der Waals surface area contributed by atoms with Crippen LogP contribution in [0.5, 0.6) is 0 Å². The van der Waals surface area contributed by atoms with Gasteiger partial charge in [0.25, 0.3) is 0 Å². The van der Waals surface area contributed by atoms with Gasteiger partial charge in [0, 0.05) is 50.8 Å². The molecule has 43 heteroatoms. The van der Waals surface area contributed by atoms with Crippen LogP contribution in [0, 0.1) is 11.8 Å². The third-order valence-electron chi connectivity index (χ3n) is 16.3. The summed E-state index contributed by atoms with van der Waals surface area (Å²) in [7, 11) is 0. The predicted molar refractivity (Wildman–Crippen MR) is 382 cm³/mol. The van der Waals surface area contributed by atoms with E-state index in [0.717, 1.165) is 4.90 Å². The lowest BCUT2D eigenvalue weighted by Crippen LogP contribution is -2.61. The van der Waals surface area contributed by atoms with Gasteiger partial charge in [-0.3, -0.25) is 86.7 Å². The second-order valence-corrected chi connectivity index (χ2v) is 26.2. The van der Waals surface area contributed by atoms with E-state index in [4.69, 9.17) is 40.1 Å². The molecule has 1 saturated heterocycles. The Labute approximate surface area is 619 Å². The molecule has 29 N–H and O–H groups in total. The van der Waals surface area contributed by atoms with Crippen LogP contribution in [-0.4, -0.2) is 241 Å². The molecule has 14 amide bonds. The number of imidazole rings is 1. The summed E-state index contributed by atoms with van der Waals surface area (Å²) in [5.74, 6) is -21.0. The monoisotopic (exact) mass is 1520 g/mol. The molecule has 1 aromatic heterocycles. The predicted octanol–water partition coefficient (Wildman–Crippen LogP) is -8.52. The van der Waals surface area contributed by atoms with Crippen LogP contribution in [0.4, 0.5) is 0 Å². The standard InChI is InChI=1S/C65H101N23O20/c1-31(2)22-39(82-55(99)37(15-10-20-75-65(71)72)80-54(98)36(79-52(96)33(5)66)14-9-19-74-64(69)70)53(97)76-29-48(91)78-41(24-35-28-73-30-77-35)57(101)84-42(26-49(92)93)58(102)83-40(23-34-12-7-6-8-13-34)56(100)86-44(25-47(68)90)62(106)88-21-11-16-45(88)60(104)85-43(27-50(94)95)59(103)87-51(32(3)4)61(105)81-38(63(107)108)17-18-46(67)89/h6-8,12-13,28,30-33,36-45,51H,9-11,14-27,29,66H2,1-5H3,(H2,67,89)(H2,68,90)(H,73,77)(H,76,97)(H,78,91)(H,79,96)(H,80,98)(H,81,105)(H,82,99)(H,83,102)(H,84,101)(H,85,104)(H,86,100)(H,87,103)(H,92,93)(H,94,95)(H,107,108)(H4,69,70,74)(H4,71,72,75)/t33-,36-,37-,38-,39-,40-,41-,42-,43-,44-,45-,51-/m0/s1. The normalized spacial score (nSPS) is 15.4. The highest BCUT2D eigenvalue weighted by Crippen LogP contribution is 2.21. The molecule has 0 radical (unpaired) electrons. The van der Waals surface area contributed by atoms with Gasteiger partial charge in [0.15, 0.2) is 11.9 Å². The van der Waals surface area contributed by atoms with E-state index in [1.165, 1.54) is 45.4 Å². The summed E-state index contributed by atoms with van der Waals surface area (Å²) in [6.45, 7) is 6.72. The van der Waals surface area contributed by atoms with Crippen LogP contribution in [-0.2, 0) is 94.3 Å². The van der Waals surface area contributed by atoms with Crippen molar-refractivity contribution in [2.45, 2.75) is 197 Å². The number of aliphatic carboxylic acids is 3. The van der Waals surface area contributed by atoms with Crippen molar-refractivity contribution >= 4 is 113 Å². The van der Waals surface area contributed by atoms with E-state index >= 15 is 0 Å². The molecule has 0 unspecified atom stereocenters. The van der Waals surface area contributed by atoms with Crippen molar-refractivity contribution in [3.63, 3.8) is 0 Å². The molecule has 3 rings (SSSR count). The lowest BCUT2D eigenvalue weighted by Gasteiger charge is -2.31. The number of aromatic amines is 1. The van der Waals surface area contributed by atoms with Crippen molar-refractivity contribution in [1.82, 2.24) is 73.4 Å². The number of primary amides is 2. The van der Waals surface area contributed by atoms with Crippen LogP contribution in [0.2, 0.25) is 0 Å². The number of carbonyl (C=O) groups is 17. The minimum atomic E-state index is -2.06. The van der Waals surface area contributed by atoms with Gasteiger partial charge in [-0.25, -0.2) is 9.78 Å². The highest BCUT2D eigenvalue weighted by atomic mass is 16.4. The average molecular weight is 1520 g/mol. The zero-order chi connectivity index (χ0) is 81.1. The number of carbonyl (C=O) groups excluding carboxylic acids is 14. The maximum Gasteiger partial charge on any atom is 0.326 e. The van der Waals surface area contributed by atoms with E-state index in [1.807, 2.05) is 0 Å². The van der Waals surface area contributed by atoms with Gasteiger partial charge in [-0.2, -0.15) is 0 Å². The Balaban J connectivity index is 1.91. The molecule has 1 aliphatic heterocycles. The molecular formula is C65H101N23O20. The second kappa shape index (κ2) is 45.3. The van der Waals surface area contributed by atoms with Crippen molar-refractivity contribution < 1.29 is 96.8 Å². The van der Waals surface area contributed by atoms with Crippen LogP contribution in [0.1, 0.15) is 123 Å². The van der Waals surface area contributed by atoms with Gasteiger partial charge in [-0.1, -0.05) is 58.0 Å². The molecule has 2 aromatic rings. The van der Waals surface area contributed by atoms with Crippen molar-refractivity contribution in [2.75, 3.05) is 26.2 Å². The minimum Gasteiger partial charge on any atom is -0.481 e. The van der Waals surface area contributed by atoms with Gasteiger partial charge >= 0.3 is 17.9 Å². The number of carboxylic acids is 3.